The number of phenols is 1. The van der Waals surface area contributed by atoms with Gasteiger partial charge in [0.1, 0.15) is 5.75 Å². The molecular weight excluding hydrogens is 246 g/mol. The number of nitro benzene ring substituents is 1. The van der Waals surface area contributed by atoms with Gasteiger partial charge in [0.05, 0.1) is 4.92 Å². The third kappa shape index (κ3) is 3.21. The fourth-order valence-corrected chi connectivity index (χ4v) is 2.57. The van der Waals surface area contributed by atoms with Crippen LogP contribution in [0.4, 0.5) is 5.69 Å². The number of nitro groups is 1. The Morgan fingerprint density at radius 2 is 2.26 bits per heavy atom. The van der Waals surface area contributed by atoms with Gasteiger partial charge in [0.15, 0.2) is 0 Å². The van der Waals surface area contributed by atoms with E-state index in [4.69, 9.17) is 5.73 Å². The zero-order chi connectivity index (χ0) is 13.8. The first-order valence-electron chi connectivity index (χ1n) is 6.52. The van der Waals surface area contributed by atoms with Crippen LogP contribution in [0.2, 0.25) is 0 Å². The second-order valence-electron chi connectivity index (χ2n) is 4.93. The Kier molecular flexibility index (Phi) is 4.34. The number of nitrogens with zero attached hydrogens (tertiary/aromatic N) is 2. The Morgan fingerprint density at radius 1 is 1.47 bits per heavy atom. The van der Waals surface area contributed by atoms with Crippen molar-refractivity contribution in [3.8, 4) is 5.75 Å². The average molecular weight is 265 g/mol. The number of benzene rings is 1. The molecule has 1 saturated heterocycles. The van der Waals surface area contributed by atoms with E-state index in [1.807, 2.05) is 0 Å². The van der Waals surface area contributed by atoms with Crippen LogP contribution >= 0.6 is 0 Å². The van der Waals surface area contributed by atoms with E-state index in [9.17, 15) is 15.2 Å². The minimum absolute atomic E-state index is 0.00843. The van der Waals surface area contributed by atoms with E-state index in [1.54, 1.807) is 0 Å². The van der Waals surface area contributed by atoms with Crippen molar-refractivity contribution in [3.63, 3.8) is 0 Å². The van der Waals surface area contributed by atoms with E-state index in [2.05, 4.69) is 4.90 Å². The molecule has 1 unspecified atom stereocenters. The van der Waals surface area contributed by atoms with Gasteiger partial charge in [0.2, 0.25) is 0 Å². The van der Waals surface area contributed by atoms with Crippen molar-refractivity contribution < 1.29 is 10.0 Å². The molecule has 6 nitrogen and oxygen atoms in total. The molecule has 0 bridgehead atoms. The molecule has 2 rings (SSSR count). The summed E-state index contributed by atoms with van der Waals surface area (Å²) in [5, 5.41) is 20.6. The molecular formula is C13H19N3O3. The molecule has 0 radical (unpaired) electrons. The summed E-state index contributed by atoms with van der Waals surface area (Å²) in [6.07, 6.45) is 3.32. The van der Waals surface area contributed by atoms with E-state index >= 15 is 0 Å². The molecule has 1 fully saturated rings. The zero-order valence-corrected chi connectivity index (χ0v) is 10.8. The zero-order valence-electron chi connectivity index (χ0n) is 10.8. The van der Waals surface area contributed by atoms with E-state index in [1.165, 1.54) is 24.6 Å². The quantitative estimate of drug-likeness (QED) is 0.637. The summed E-state index contributed by atoms with van der Waals surface area (Å²) in [5.74, 6) is 0.104. The summed E-state index contributed by atoms with van der Waals surface area (Å²) in [6.45, 7) is 2.01. The first kappa shape index (κ1) is 13.8. The van der Waals surface area contributed by atoms with Crippen LogP contribution in [0.1, 0.15) is 24.8 Å². The van der Waals surface area contributed by atoms with Crippen molar-refractivity contribution in [2.45, 2.75) is 31.8 Å². The van der Waals surface area contributed by atoms with Crippen molar-refractivity contribution in [2.24, 2.45) is 5.73 Å². The Bertz CT molecular complexity index is 464. The van der Waals surface area contributed by atoms with Gasteiger partial charge in [-0.05, 0) is 25.5 Å². The molecule has 6 heteroatoms. The first-order chi connectivity index (χ1) is 9.11. The molecule has 19 heavy (non-hydrogen) atoms. The Balaban J connectivity index is 2.17. The summed E-state index contributed by atoms with van der Waals surface area (Å²) in [7, 11) is 0. The van der Waals surface area contributed by atoms with Gasteiger partial charge < -0.3 is 10.8 Å². The predicted molar refractivity (Wildman–Crippen MR) is 71.9 cm³/mol. The smallest absolute Gasteiger partial charge is 0.270 e. The highest BCUT2D eigenvalue weighted by atomic mass is 16.6. The van der Waals surface area contributed by atoms with Crippen LogP contribution in [0.25, 0.3) is 0 Å². The Morgan fingerprint density at radius 3 is 2.95 bits per heavy atom. The topological polar surface area (TPSA) is 92.6 Å². The van der Waals surface area contributed by atoms with E-state index in [-0.39, 0.29) is 11.4 Å². The highest BCUT2D eigenvalue weighted by Crippen LogP contribution is 2.26. The number of hydrogen-bond acceptors (Lipinski definition) is 5. The lowest BCUT2D eigenvalue weighted by Crippen LogP contribution is -2.43. The van der Waals surface area contributed by atoms with Crippen LogP contribution < -0.4 is 5.73 Å². The van der Waals surface area contributed by atoms with Crippen LogP contribution in [-0.4, -0.2) is 34.1 Å². The first-order valence-corrected chi connectivity index (χ1v) is 6.52. The van der Waals surface area contributed by atoms with Crippen LogP contribution in [0.15, 0.2) is 18.2 Å². The molecule has 1 atom stereocenters. The fourth-order valence-electron chi connectivity index (χ4n) is 2.57. The third-order valence-corrected chi connectivity index (χ3v) is 3.67. The van der Waals surface area contributed by atoms with Crippen molar-refractivity contribution in [1.29, 1.82) is 0 Å². The Hall–Kier alpha value is -1.66. The highest BCUT2D eigenvalue weighted by molar-refractivity contribution is 5.43. The second kappa shape index (κ2) is 5.99. The summed E-state index contributed by atoms with van der Waals surface area (Å²) in [5.41, 5.74) is 6.35. The van der Waals surface area contributed by atoms with E-state index in [0.29, 0.717) is 24.7 Å². The monoisotopic (exact) mass is 265 g/mol. The lowest BCUT2D eigenvalue weighted by Gasteiger charge is -2.35. The molecule has 1 aliphatic heterocycles. The minimum atomic E-state index is -0.445. The van der Waals surface area contributed by atoms with Gasteiger partial charge in [-0.3, -0.25) is 15.0 Å². The van der Waals surface area contributed by atoms with E-state index in [0.717, 1.165) is 19.4 Å². The predicted octanol–water partition coefficient (Wildman–Crippen LogP) is 1.61. The van der Waals surface area contributed by atoms with Gasteiger partial charge in [-0.2, -0.15) is 0 Å². The number of piperidine rings is 1. The summed E-state index contributed by atoms with van der Waals surface area (Å²) in [4.78, 5) is 12.5. The van der Waals surface area contributed by atoms with Crippen molar-refractivity contribution in [3.05, 3.63) is 33.9 Å². The molecule has 1 aliphatic rings. The minimum Gasteiger partial charge on any atom is -0.508 e. The van der Waals surface area contributed by atoms with Gasteiger partial charge in [-0.15, -0.1) is 0 Å². The standard InChI is InChI=1S/C13H19N3O3/c14-8-12-3-1-2-6-15(12)9-10-7-11(16(18)19)4-5-13(10)17/h4-5,7,12,17H,1-3,6,8-9,14H2. The molecule has 0 saturated carbocycles. The van der Waals surface area contributed by atoms with E-state index < -0.39 is 4.92 Å². The van der Waals surface area contributed by atoms with Gasteiger partial charge in [0, 0.05) is 36.8 Å². The molecule has 0 aliphatic carbocycles. The van der Waals surface area contributed by atoms with Crippen molar-refractivity contribution in [1.82, 2.24) is 4.90 Å². The molecule has 1 aromatic rings. The number of phenolic OH excluding ortho intramolecular Hbond substituents is 1. The summed E-state index contributed by atoms with van der Waals surface area (Å²) >= 11 is 0. The molecule has 1 aromatic carbocycles. The average Bonchev–Trinajstić information content (AvgIpc) is 2.41. The normalized spacial score (nSPS) is 20.4. The molecule has 0 aromatic heterocycles. The molecule has 1 heterocycles. The largest absolute Gasteiger partial charge is 0.508 e. The fraction of sp³-hybridized carbons (Fsp3) is 0.538. The van der Waals surface area contributed by atoms with Gasteiger partial charge >= 0.3 is 0 Å². The molecule has 0 amide bonds. The molecule has 104 valence electrons. The number of likely N-dealkylation sites (tertiary alicyclic amines) is 1. The lowest BCUT2D eigenvalue weighted by molar-refractivity contribution is -0.385. The molecule has 3 N–H and O–H groups in total. The molecule has 0 spiro atoms. The summed E-state index contributed by atoms with van der Waals surface area (Å²) < 4.78 is 0. The van der Waals surface area contributed by atoms with Crippen LogP contribution in [0, 0.1) is 10.1 Å². The lowest BCUT2D eigenvalue weighted by atomic mass is 10.0. The van der Waals surface area contributed by atoms with Gasteiger partial charge in [-0.25, -0.2) is 0 Å². The van der Waals surface area contributed by atoms with Crippen LogP contribution in [0.5, 0.6) is 5.75 Å². The van der Waals surface area contributed by atoms with Crippen molar-refractivity contribution >= 4 is 5.69 Å². The second-order valence-corrected chi connectivity index (χ2v) is 4.93. The van der Waals surface area contributed by atoms with Gasteiger partial charge in [0.25, 0.3) is 5.69 Å². The number of hydrogen-bond donors (Lipinski definition) is 2. The number of rotatable bonds is 4. The maximum absolute atomic E-state index is 10.8. The van der Waals surface area contributed by atoms with Crippen molar-refractivity contribution in [2.75, 3.05) is 13.1 Å². The maximum atomic E-state index is 10.8. The number of aromatic hydroxyl groups is 1. The Labute approximate surface area is 112 Å². The van der Waals surface area contributed by atoms with Crippen LogP contribution in [-0.2, 0) is 6.54 Å². The van der Waals surface area contributed by atoms with Gasteiger partial charge in [-0.1, -0.05) is 6.42 Å². The number of non-ortho nitro benzene ring substituents is 1. The SMILES string of the molecule is NCC1CCCCN1Cc1cc([N+](=O)[O-])ccc1O. The summed E-state index contributed by atoms with van der Waals surface area (Å²) in [6, 6.07) is 4.44. The third-order valence-electron chi connectivity index (χ3n) is 3.67. The highest BCUT2D eigenvalue weighted by Gasteiger charge is 2.22. The maximum Gasteiger partial charge on any atom is 0.270 e. The number of nitrogens with two attached hydrogens (primary N) is 1. The van der Waals surface area contributed by atoms with Crippen LogP contribution in [0.3, 0.4) is 0 Å².